The molecule has 0 saturated carbocycles. The van der Waals surface area contributed by atoms with Crippen molar-refractivity contribution < 1.29 is 14.3 Å². The number of ether oxygens (including phenoxy) is 2. The van der Waals surface area contributed by atoms with Gasteiger partial charge in [0.15, 0.2) is 0 Å². The van der Waals surface area contributed by atoms with Crippen LogP contribution in [0.1, 0.15) is 26.7 Å². The number of rotatable bonds is 8. The minimum Gasteiger partial charge on any atom is -0.382 e. The first-order valence-electron chi connectivity index (χ1n) is 5.09. The molecule has 0 saturated heterocycles. The van der Waals surface area contributed by atoms with Gasteiger partial charge in [0.1, 0.15) is 0 Å². The maximum absolute atomic E-state index is 10.9. The predicted molar refractivity (Wildman–Crippen MR) is 58.3 cm³/mol. The Morgan fingerprint density at radius 1 is 1.53 bits per heavy atom. The summed E-state index contributed by atoms with van der Waals surface area (Å²) in [5.74, 6) is -0.479. The molecule has 0 heterocycles. The number of carbonyl (C=O) groups is 1. The normalized spacial score (nSPS) is 17.1. The molecular weight excluding hydrogens is 196 g/mol. The van der Waals surface area contributed by atoms with Crippen LogP contribution in [0.3, 0.4) is 0 Å². The highest BCUT2D eigenvalue weighted by atomic mass is 16.5. The SMILES string of the molecule is COCC(C)OCCCC(C)(N)C(N)=O. The van der Waals surface area contributed by atoms with Crippen LogP contribution in [0, 0.1) is 0 Å². The Balaban J connectivity index is 3.58. The lowest BCUT2D eigenvalue weighted by atomic mass is 9.97. The monoisotopic (exact) mass is 218 g/mol. The molecule has 90 valence electrons. The maximum Gasteiger partial charge on any atom is 0.237 e. The molecule has 5 nitrogen and oxygen atoms in total. The molecule has 4 N–H and O–H groups in total. The summed E-state index contributed by atoms with van der Waals surface area (Å²) in [5, 5.41) is 0. The van der Waals surface area contributed by atoms with E-state index in [2.05, 4.69) is 0 Å². The lowest BCUT2D eigenvalue weighted by Gasteiger charge is -2.20. The molecule has 0 radical (unpaired) electrons. The van der Waals surface area contributed by atoms with Crippen LogP contribution in [-0.2, 0) is 14.3 Å². The third kappa shape index (κ3) is 6.43. The van der Waals surface area contributed by atoms with Crippen molar-refractivity contribution in [3.05, 3.63) is 0 Å². The standard InChI is InChI=1S/C10H22N2O3/c1-8(7-14-3)15-6-4-5-10(2,12)9(11)13/h8H,4-7,12H2,1-3H3,(H2,11,13). The zero-order valence-corrected chi connectivity index (χ0v) is 9.79. The number of nitrogens with two attached hydrogens (primary N) is 2. The van der Waals surface area contributed by atoms with E-state index in [0.29, 0.717) is 26.1 Å². The molecule has 0 aromatic carbocycles. The van der Waals surface area contributed by atoms with E-state index < -0.39 is 11.4 Å². The van der Waals surface area contributed by atoms with Crippen LogP contribution in [0.4, 0.5) is 0 Å². The van der Waals surface area contributed by atoms with Gasteiger partial charge in [-0.3, -0.25) is 4.79 Å². The van der Waals surface area contributed by atoms with Crippen LogP contribution in [0.15, 0.2) is 0 Å². The van der Waals surface area contributed by atoms with Gasteiger partial charge in [0.25, 0.3) is 0 Å². The van der Waals surface area contributed by atoms with Crippen molar-refractivity contribution in [2.45, 2.75) is 38.3 Å². The fourth-order valence-electron chi connectivity index (χ4n) is 1.13. The minimum absolute atomic E-state index is 0.0626. The quantitative estimate of drug-likeness (QED) is 0.562. The first-order valence-corrected chi connectivity index (χ1v) is 5.09. The van der Waals surface area contributed by atoms with Crippen LogP contribution in [0.5, 0.6) is 0 Å². The smallest absolute Gasteiger partial charge is 0.237 e. The zero-order chi connectivity index (χ0) is 11.9. The molecule has 0 fully saturated rings. The molecule has 0 rings (SSSR count). The lowest BCUT2D eigenvalue weighted by molar-refractivity contribution is -0.122. The highest BCUT2D eigenvalue weighted by molar-refractivity contribution is 5.83. The molecule has 2 atom stereocenters. The Labute approximate surface area is 91.1 Å². The summed E-state index contributed by atoms with van der Waals surface area (Å²) in [4.78, 5) is 10.9. The molecule has 0 aliphatic rings. The average Bonchev–Trinajstić information content (AvgIpc) is 2.13. The number of amides is 1. The minimum atomic E-state index is -0.937. The second kappa shape index (κ2) is 6.76. The molecule has 5 heteroatoms. The Kier molecular flexibility index (Phi) is 6.47. The highest BCUT2D eigenvalue weighted by Gasteiger charge is 2.24. The van der Waals surface area contributed by atoms with E-state index in [1.54, 1.807) is 14.0 Å². The van der Waals surface area contributed by atoms with Gasteiger partial charge in [-0.1, -0.05) is 0 Å². The van der Waals surface area contributed by atoms with E-state index in [0.717, 1.165) is 0 Å². The maximum atomic E-state index is 10.9. The first kappa shape index (κ1) is 14.3. The van der Waals surface area contributed by atoms with Crippen LogP contribution in [-0.4, -0.2) is 37.9 Å². The Morgan fingerprint density at radius 2 is 2.13 bits per heavy atom. The Hall–Kier alpha value is -0.650. The number of carbonyl (C=O) groups excluding carboxylic acids is 1. The molecule has 0 aromatic heterocycles. The summed E-state index contributed by atoms with van der Waals surface area (Å²) < 4.78 is 10.3. The molecular formula is C10H22N2O3. The van der Waals surface area contributed by atoms with Crippen LogP contribution in [0.25, 0.3) is 0 Å². The molecule has 0 aliphatic carbocycles. The van der Waals surface area contributed by atoms with Gasteiger partial charge in [0.05, 0.1) is 18.2 Å². The van der Waals surface area contributed by atoms with Gasteiger partial charge in [-0.15, -0.1) is 0 Å². The fraction of sp³-hybridized carbons (Fsp3) is 0.900. The lowest BCUT2D eigenvalue weighted by Crippen LogP contribution is -2.49. The molecule has 0 aromatic rings. The topological polar surface area (TPSA) is 87.6 Å². The highest BCUT2D eigenvalue weighted by Crippen LogP contribution is 2.08. The molecule has 2 unspecified atom stereocenters. The van der Waals surface area contributed by atoms with Gasteiger partial charge in [-0.05, 0) is 26.7 Å². The second-order valence-corrected chi connectivity index (χ2v) is 4.02. The predicted octanol–water partition coefficient (Wildman–Crippen LogP) is 0.0208. The van der Waals surface area contributed by atoms with Crippen molar-refractivity contribution in [1.82, 2.24) is 0 Å². The van der Waals surface area contributed by atoms with E-state index in [1.165, 1.54) is 0 Å². The molecule has 0 bridgehead atoms. The first-order chi connectivity index (χ1) is 6.90. The van der Waals surface area contributed by atoms with E-state index in [4.69, 9.17) is 20.9 Å². The fourth-order valence-corrected chi connectivity index (χ4v) is 1.13. The van der Waals surface area contributed by atoms with Crippen LogP contribution < -0.4 is 11.5 Å². The third-order valence-corrected chi connectivity index (χ3v) is 2.21. The summed E-state index contributed by atoms with van der Waals surface area (Å²) in [7, 11) is 1.63. The molecule has 15 heavy (non-hydrogen) atoms. The Morgan fingerprint density at radius 3 is 2.60 bits per heavy atom. The third-order valence-electron chi connectivity index (χ3n) is 2.21. The van der Waals surface area contributed by atoms with E-state index in [1.807, 2.05) is 6.92 Å². The van der Waals surface area contributed by atoms with E-state index >= 15 is 0 Å². The second-order valence-electron chi connectivity index (χ2n) is 4.02. The van der Waals surface area contributed by atoms with Crippen molar-refractivity contribution in [2.24, 2.45) is 11.5 Å². The van der Waals surface area contributed by atoms with Crippen molar-refractivity contribution in [2.75, 3.05) is 20.3 Å². The summed E-state index contributed by atoms with van der Waals surface area (Å²) in [6.45, 7) is 4.69. The number of primary amides is 1. The van der Waals surface area contributed by atoms with Gasteiger partial charge in [0, 0.05) is 13.7 Å². The Bertz CT molecular complexity index is 195. The van der Waals surface area contributed by atoms with E-state index in [-0.39, 0.29) is 6.10 Å². The van der Waals surface area contributed by atoms with Crippen molar-refractivity contribution >= 4 is 5.91 Å². The molecule has 1 amide bonds. The van der Waals surface area contributed by atoms with Gasteiger partial charge in [-0.25, -0.2) is 0 Å². The van der Waals surface area contributed by atoms with Crippen molar-refractivity contribution in [3.63, 3.8) is 0 Å². The number of methoxy groups -OCH3 is 1. The summed E-state index contributed by atoms with van der Waals surface area (Å²) in [6.07, 6.45) is 1.30. The van der Waals surface area contributed by atoms with Gasteiger partial charge in [0.2, 0.25) is 5.91 Å². The summed E-state index contributed by atoms with van der Waals surface area (Å²) in [5.41, 5.74) is 9.88. The van der Waals surface area contributed by atoms with Crippen molar-refractivity contribution in [3.8, 4) is 0 Å². The summed E-state index contributed by atoms with van der Waals surface area (Å²) >= 11 is 0. The van der Waals surface area contributed by atoms with Crippen LogP contribution >= 0.6 is 0 Å². The van der Waals surface area contributed by atoms with E-state index in [9.17, 15) is 4.79 Å². The zero-order valence-electron chi connectivity index (χ0n) is 9.79. The summed E-state index contributed by atoms with van der Waals surface area (Å²) in [6, 6.07) is 0. The van der Waals surface area contributed by atoms with Crippen molar-refractivity contribution in [1.29, 1.82) is 0 Å². The molecule has 0 aliphatic heterocycles. The van der Waals surface area contributed by atoms with Gasteiger partial charge < -0.3 is 20.9 Å². The molecule has 0 spiro atoms. The van der Waals surface area contributed by atoms with Gasteiger partial charge >= 0.3 is 0 Å². The number of hydrogen-bond acceptors (Lipinski definition) is 4. The van der Waals surface area contributed by atoms with Gasteiger partial charge in [-0.2, -0.15) is 0 Å². The number of hydrogen-bond donors (Lipinski definition) is 2. The largest absolute Gasteiger partial charge is 0.382 e. The average molecular weight is 218 g/mol. The van der Waals surface area contributed by atoms with Crippen LogP contribution in [0.2, 0.25) is 0 Å².